The zero-order valence-corrected chi connectivity index (χ0v) is 12.7. The fourth-order valence-electron chi connectivity index (χ4n) is 2.25. The van der Waals surface area contributed by atoms with Crippen LogP contribution >= 0.6 is 27.5 Å². The van der Waals surface area contributed by atoms with Gasteiger partial charge < -0.3 is 5.32 Å². The van der Waals surface area contributed by atoms with E-state index in [1.54, 1.807) is 12.1 Å². The molecule has 0 spiro atoms. The Kier molecular flexibility index (Phi) is 4.68. The number of hydrogen-bond donors (Lipinski definition) is 1. The number of carbonyl (C=O) groups excluding carboxylic acids is 1. The Hall–Kier alpha value is -0.540. The minimum Gasteiger partial charge on any atom is -0.349 e. The van der Waals surface area contributed by atoms with Crippen LogP contribution in [-0.2, 0) is 0 Å². The van der Waals surface area contributed by atoms with Crippen molar-refractivity contribution >= 4 is 33.4 Å². The number of benzene rings is 1. The maximum Gasteiger partial charge on any atom is 0.251 e. The summed E-state index contributed by atoms with van der Waals surface area (Å²) in [7, 11) is 0. The zero-order valence-electron chi connectivity index (χ0n) is 10.4. The second kappa shape index (κ2) is 6.07. The molecule has 1 N–H and O–H groups in total. The predicted octanol–water partition coefficient (Wildman–Crippen LogP) is 4.08. The summed E-state index contributed by atoms with van der Waals surface area (Å²) < 4.78 is 0. The number of alkyl halides is 1. The summed E-state index contributed by atoms with van der Waals surface area (Å²) in [5.41, 5.74) is 1.63. The number of halogens is 2. The van der Waals surface area contributed by atoms with Crippen molar-refractivity contribution in [3.63, 3.8) is 0 Å². The average molecular weight is 331 g/mol. The first-order valence-electron chi connectivity index (χ1n) is 6.27. The smallest absolute Gasteiger partial charge is 0.251 e. The Bertz CT molecular complexity index is 441. The van der Waals surface area contributed by atoms with Gasteiger partial charge in [-0.2, -0.15) is 0 Å². The fraction of sp³-hybridized carbons (Fsp3) is 0.500. The van der Waals surface area contributed by atoms with Gasteiger partial charge in [-0.3, -0.25) is 4.79 Å². The van der Waals surface area contributed by atoms with E-state index < -0.39 is 0 Å². The number of aryl methyl sites for hydroxylation is 1. The quantitative estimate of drug-likeness (QED) is 0.813. The van der Waals surface area contributed by atoms with Crippen molar-refractivity contribution < 1.29 is 4.79 Å². The van der Waals surface area contributed by atoms with E-state index in [4.69, 9.17) is 11.6 Å². The summed E-state index contributed by atoms with van der Waals surface area (Å²) in [5, 5.41) is 3.80. The molecule has 0 atom stereocenters. The Labute approximate surface area is 121 Å². The maximum absolute atomic E-state index is 12.1. The zero-order chi connectivity index (χ0) is 13.1. The van der Waals surface area contributed by atoms with Crippen LogP contribution in [0, 0.1) is 6.92 Å². The molecule has 0 radical (unpaired) electrons. The van der Waals surface area contributed by atoms with E-state index in [1.807, 2.05) is 13.0 Å². The highest BCUT2D eigenvalue weighted by Crippen LogP contribution is 2.24. The van der Waals surface area contributed by atoms with Gasteiger partial charge in [-0.25, -0.2) is 0 Å². The van der Waals surface area contributed by atoms with Gasteiger partial charge in [0.15, 0.2) is 0 Å². The molecule has 1 fully saturated rings. The highest BCUT2D eigenvalue weighted by molar-refractivity contribution is 9.09. The molecule has 2 rings (SSSR count). The van der Waals surface area contributed by atoms with Gasteiger partial charge in [0.2, 0.25) is 0 Å². The molecule has 1 aromatic rings. The molecule has 2 nitrogen and oxygen atoms in total. The molecule has 1 aliphatic carbocycles. The molecule has 98 valence electrons. The van der Waals surface area contributed by atoms with Crippen LogP contribution in [0.2, 0.25) is 5.02 Å². The van der Waals surface area contributed by atoms with Crippen molar-refractivity contribution in [1.29, 1.82) is 0 Å². The molecule has 0 heterocycles. The Balaban J connectivity index is 1.97. The van der Waals surface area contributed by atoms with Gasteiger partial charge in [-0.05, 0) is 56.4 Å². The van der Waals surface area contributed by atoms with Crippen molar-refractivity contribution in [2.75, 3.05) is 0 Å². The number of nitrogens with one attached hydrogen (secondary N) is 1. The van der Waals surface area contributed by atoms with Crippen molar-refractivity contribution in [2.45, 2.75) is 43.5 Å². The van der Waals surface area contributed by atoms with Gasteiger partial charge in [-0.15, -0.1) is 0 Å². The normalized spacial score (nSPS) is 23.7. The lowest BCUT2D eigenvalue weighted by Crippen LogP contribution is -2.37. The maximum atomic E-state index is 12.1. The molecular formula is C14H17BrClNO. The van der Waals surface area contributed by atoms with Crippen molar-refractivity contribution in [1.82, 2.24) is 5.32 Å². The SMILES string of the molecule is Cc1cc(C(=O)NC2CCC(Br)CC2)ccc1Cl. The van der Waals surface area contributed by atoms with Crippen LogP contribution in [-0.4, -0.2) is 16.8 Å². The molecule has 1 aromatic carbocycles. The van der Waals surface area contributed by atoms with Gasteiger partial charge in [0.1, 0.15) is 0 Å². The predicted molar refractivity (Wildman–Crippen MR) is 78.6 cm³/mol. The van der Waals surface area contributed by atoms with E-state index in [1.165, 1.54) is 0 Å². The molecule has 0 aliphatic heterocycles. The lowest BCUT2D eigenvalue weighted by atomic mass is 9.95. The molecule has 0 saturated heterocycles. The van der Waals surface area contributed by atoms with Crippen LogP contribution in [0.25, 0.3) is 0 Å². The monoisotopic (exact) mass is 329 g/mol. The largest absolute Gasteiger partial charge is 0.349 e. The molecule has 1 amide bonds. The Morgan fingerprint density at radius 2 is 2.00 bits per heavy atom. The van der Waals surface area contributed by atoms with E-state index in [9.17, 15) is 4.79 Å². The molecule has 0 aromatic heterocycles. The number of amides is 1. The van der Waals surface area contributed by atoms with Crippen LogP contribution in [0.3, 0.4) is 0 Å². The first-order valence-corrected chi connectivity index (χ1v) is 7.56. The molecule has 4 heteroatoms. The lowest BCUT2D eigenvalue weighted by Gasteiger charge is -2.26. The van der Waals surface area contributed by atoms with Crippen LogP contribution in [0.5, 0.6) is 0 Å². The van der Waals surface area contributed by atoms with E-state index in [0.717, 1.165) is 31.2 Å². The van der Waals surface area contributed by atoms with Gasteiger partial charge in [0.05, 0.1) is 0 Å². The molecule has 0 bridgehead atoms. The Morgan fingerprint density at radius 3 is 2.61 bits per heavy atom. The van der Waals surface area contributed by atoms with Crippen molar-refractivity contribution in [3.8, 4) is 0 Å². The van der Waals surface area contributed by atoms with E-state index in [-0.39, 0.29) is 5.91 Å². The van der Waals surface area contributed by atoms with E-state index in [2.05, 4.69) is 21.2 Å². The summed E-state index contributed by atoms with van der Waals surface area (Å²) in [6.45, 7) is 1.91. The summed E-state index contributed by atoms with van der Waals surface area (Å²) in [4.78, 5) is 12.7. The minimum absolute atomic E-state index is 0.00721. The summed E-state index contributed by atoms with van der Waals surface area (Å²) in [6.07, 6.45) is 4.36. The number of hydrogen-bond acceptors (Lipinski definition) is 1. The third kappa shape index (κ3) is 3.48. The van der Waals surface area contributed by atoms with Gasteiger partial charge in [0.25, 0.3) is 5.91 Å². The first kappa shape index (κ1) is 13.9. The number of carbonyl (C=O) groups is 1. The third-order valence-electron chi connectivity index (χ3n) is 3.41. The van der Waals surface area contributed by atoms with Crippen molar-refractivity contribution in [3.05, 3.63) is 34.3 Å². The number of rotatable bonds is 2. The van der Waals surface area contributed by atoms with Gasteiger partial charge in [-0.1, -0.05) is 27.5 Å². The molecule has 1 saturated carbocycles. The summed E-state index contributed by atoms with van der Waals surface area (Å²) >= 11 is 9.57. The lowest BCUT2D eigenvalue weighted by molar-refractivity contribution is 0.0928. The van der Waals surface area contributed by atoms with Crippen LogP contribution in [0.15, 0.2) is 18.2 Å². The second-order valence-corrected chi connectivity index (χ2v) is 6.59. The summed E-state index contributed by atoms with van der Waals surface area (Å²) in [5.74, 6) is 0.00721. The molecule has 0 unspecified atom stereocenters. The third-order valence-corrected chi connectivity index (χ3v) is 4.75. The first-order chi connectivity index (χ1) is 8.56. The van der Waals surface area contributed by atoms with Crippen molar-refractivity contribution in [2.24, 2.45) is 0 Å². The molecular weight excluding hydrogens is 314 g/mol. The summed E-state index contributed by atoms with van der Waals surface area (Å²) in [6, 6.07) is 5.71. The molecule has 18 heavy (non-hydrogen) atoms. The fourth-order valence-corrected chi connectivity index (χ4v) is 2.90. The molecule has 1 aliphatic rings. The highest BCUT2D eigenvalue weighted by atomic mass is 79.9. The standard InChI is InChI=1S/C14H17BrClNO/c1-9-8-10(2-7-13(9)16)14(18)17-12-5-3-11(15)4-6-12/h2,7-8,11-12H,3-6H2,1H3,(H,17,18). The average Bonchev–Trinajstić information content (AvgIpc) is 2.35. The minimum atomic E-state index is 0.00721. The van der Waals surface area contributed by atoms with Crippen LogP contribution < -0.4 is 5.32 Å². The topological polar surface area (TPSA) is 29.1 Å². The highest BCUT2D eigenvalue weighted by Gasteiger charge is 2.21. The van der Waals surface area contributed by atoms with E-state index in [0.29, 0.717) is 21.5 Å². The van der Waals surface area contributed by atoms with Crippen LogP contribution in [0.1, 0.15) is 41.6 Å². The van der Waals surface area contributed by atoms with E-state index >= 15 is 0 Å². The Morgan fingerprint density at radius 1 is 1.33 bits per heavy atom. The van der Waals surface area contributed by atoms with Gasteiger partial charge in [0, 0.05) is 21.5 Å². The van der Waals surface area contributed by atoms with Gasteiger partial charge >= 0.3 is 0 Å². The second-order valence-electron chi connectivity index (χ2n) is 4.89. The van der Waals surface area contributed by atoms with Crippen LogP contribution in [0.4, 0.5) is 0 Å².